The van der Waals surface area contributed by atoms with E-state index in [9.17, 15) is 4.79 Å². The number of hydrogen-bond donors (Lipinski definition) is 3. The molecule has 6 heteroatoms. The zero-order valence-electron chi connectivity index (χ0n) is 15.5. The second-order valence-electron chi connectivity index (χ2n) is 6.77. The molecular weight excluding hydrogens is 316 g/mol. The van der Waals surface area contributed by atoms with Crippen molar-refractivity contribution < 1.29 is 9.90 Å². The Bertz CT molecular complexity index is 513. The van der Waals surface area contributed by atoms with E-state index in [0.29, 0.717) is 13.0 Å². The Kier molecular flexibility index (Phi) is 8.18. The van der Waals surface area contributed by atoms with E-state index in [1.54, 1.807) is 0 Å². The molecule has 2 amide bonds. The standard InChI is InChI=1S/C19H32N4O2/c1-3-22-9-11-23(12-10-22)15-18-6-4-17(5-7-18)14-20-19(25)21-16(2)8-13-24/h4-7,16,24H,3,8-15H2,1-2H3,(H2,20,21,25)/t16-/m1/s1. The molecule has 0 aromatic heterocycles. The zero-order valence-corrected chi connectivity index (χ0v) is 15.5. The summed E-state index contributed by atoms with van der Waals surface area (Å²) in [6.07, 6.45) is 0.564. The lowest BCUT2D eigenvalue weighted by atomic mass is 10.1. The van der Waals surface area contributed by atoms with Crippen LogP contribution in [0.1, 0.15) is 31.4 Å². The molecule has 0 saturated carbocycles. The third-order valence-electron chi connectivity index (χ3n) is 4.73. The van der Waals surface area contributed by atoms with Gasteiger partial charge in [0.1, 0.15) is 0 Å². The summed E-state index contributed by atoms with van der Waals surface area (Å²) in [5.41, 5.74) is 2.40. The van der Waals surface area contributed by atoms with Crippen molar-refractivity contribution in [3.8, 4) is 0 Å². The molecule has 1 fully saturated rings. The number of hydrogen-bond acceptors (Lipinski definition) is 4. The Morgan fingerprint density at radius 2 is 1.72 bits per heavy atom. The molecule has 0 unspecified atom stereocenters. The minimum atomic E-state index is -0.196. The van der Waals surface area contributed by atoms with Gasteiger partial charge in [-0.25, -0.2) is 4.79 Å². The molecule has 140 valence electrons. The molecule has 1 saturated heterocycles. The fraction of sp³-hybridized carbons (Fsp3) is 0.632. The Balaban J connectivity index is 1.72. The SMILES string of the molecule is CCN1CCN(Cc2ccc(CNC(=O)N[C@H](C)CCO)cc2)CC1. The lowest BCUT2D eigenvalue weighted by molar-refractivity contribution is 0.132. The van der Waals surface area contributed by atoms with Crippen molar-refractivity contribution in [3.05, 3.63) is 35.4 Å². The van der Waals surface area contributed by atoms with E-state index >= 15 is 0 Å². The van der Waals surface area contributed by atoms with Crippen molar-refractivity contribution in [3.63, 3.8) is 0 Å². The van der Waals surface area contributed by atoms with Crippen LogP contribution in [0.5, 0.6) is 0 Å². The molecule has 6 nitrogen and oxygen atoms in total. The Labute approximate surface area is 151 Å². The van der Waals surface area contributed by atoms with Gasteiger partial charge in [-0.3, -0.25) is 4.90 Å². The minimum absolute atomic E-state index is 0.0273. The first kappa shape index (κ1) is 19.7. The van der Waals surface area contributed by atoms with Crippen molar-refractivity contribution in [2.24, 2.45) is 0 Å². The largest absolute Gasteiger partial charge is 0.396 e. The molecule has 1 aliphatic rings. The molecule has 0 radical (unpaired) electrons. The first-order valence-electron chi connectivity index (χ1n) is 9.28. The smallest absolute Gasteiger partial charge is 0.315 e. The lowest BCUT2D eigenvalue weighted by Crippen LogP contribution is -2.45. The number of rotatable bonds is 8. The molecule has 3 N–H and O–H groups in total. The predicted octanol–water partition coefficient (Wildman–Crippen LogP) is 1.39. The maximum absolute atomic E-state index is 11.8. The quantitative estimate of drug-likeness (QED) is 0.664. The number of piperazine rings is 1. The van der Waals surface area contributed by atoms with Gasteiger partial charge in [0, 0.05) is 51.9 Å². The van der Waals surface area contributed by atoms with Crippen molar-refractivity contribution in [1.29, 1.82) is 0 Å². The predicted molar refractivity (Wildman–Crippen MR) is 100 cm³/mol. The molecule has 0 spiro atoms. The van der Waals surface area contributed by atoms with Crippen LogP contribution in [0.15, 0.2) is 24.3 Å². The van der Waals surface area contributed by atoms with Crippen LogP contribution >= 0.6 is 0 Å². The lowest BCUT2D eigenvalue weighted by Gasteiger charge is -2.34. The number of aliphatic hydroxyl groups is 1. The fourth-order valence-electron chi connectivity index (χ4n) is 3.01. The Hall–Kier alpha value is -1.63. The van der Waals surface area contributed by atoms with Crippen molar-refractivity contribution in [1.82, 2.24) is 20.4 Å². The van der Waals surface area contributed by atoms with Crippen LogP contribution in [-0.4, -0.2) is 66.3 Å². The van der Waals surface area contributed by atoms with Gasteiger partial charge in [-0.05, 0) is 31.0 Å². The van der Waals surface area contributed by atoms with Gasteiger partial charge < -0.3 is 20.6 Å². The van der Waals surface area contributed by atoms with Gasteiger partial charge >= 0.3 is 6.03 Å². The fourth-order valence-corrected chi connectivity index (χ4v) is 3.01. The van der Waals surface area contributed by atoms with Crippen molar-refractivity contribution >= 4 is 6.03 Å². The number of aliphatic hydroxyl groups excluding tert-OH is 1. The van der Waals surface area contributed by atoms with E-state index in [-0.39, 0.29) is 18.7 Å². The van der Waals surface area contributed by atoms with Gasteiger partial charge in [0.15, 0.2) is 0 Å². The molecule has 1 aromatic rings. The van der Waals surface area contributed by atoms with Gasteiger partial charge in [-0.1, -0.05) is 31.2 Å². The number of nitrogens with zero attached hydrogens (tertiary/aromatic N) is 2. The molecule has 25 heavy (non-hydrogen) atoms. The van der Waals surface area contributed by atoms with E-state index in [1.165, 1.54) is 5.56 Å². The summed E-state index contributed by atoms with van der Waals surface area (Å²) in [6.45, 7) is 11.4. The molecule has 0 bridgehead atoms. The highest BCUT2D eigenvalue weighted by Gasteiger charge is 2.15. The molecule has 1 heterocycles. The highest BCUT2D eigenvalue weighted by Crippen LogP contribution is 2.10. The second-order valence-corrected chi connectivity index (χ2v) is 6.77. The summed E-state index contributed by atoms with van der Waals surface area (Å²) in [4.78, 5) is 16.7. The maximum Gasteiger partial charge on any atom is 0.315 e. The van der Waals surface area contributed by atoms with E-state index in [4.69, 9.17) is 5.11 Å². The zero-order chi connectivity index (χ0) is 18.1. The highest BCUT2D eigenvalue weighted by atomic mass is 16.3. The van der Waals surface area contributed by atoms with Crippen LogP contribution in [0.4, 0.5) is 4.79 Å². The molecule has 1 aliphatic heterocycles. The van der Waals surface area contributed by atoms with Crippen LogP contribution in [0.3, 0.4) is 0 Å². The van der Waals surface area contributed by atoms with Crippen LogP contribution in [0, 0.1) is 0 Å². The van der Waals surface area contributed by atoms with E-state index in [1.807, 2.05) is 6.92 Å². The first-order valence-corrected chi connectivity index (χ1v) is 9.28. The van der Waals surface area contributed by atoms with Gasteiger partial charge in [0.25, 0.3) is 0 Å². The Morgan fingerprint density at radius 3 is 2.32 bits per heavy atom. The topological polar surface area (TPSA) is 67.8 Å². The van der Waals surface area contributed by atoms with Gasteiger partial charge in [0.2, 0.25) is 0 Å². The summed E-state index contributed by atoms with van der Waals surface area (Å²) in [6, 6.07) is 8.23. The van der Waals surface area contributed by atoms with Crippen LogP contribution in [0.2, 0.25) is 0 Å². The van der Waals surface area contributed by atoms with Crippen LogP contribution in [0.25, 0.3) is 0 Å². The van der Waals surface area contributed by atoms with Gasteiger partial charge in [0.05, 0.1) is 0 Å². The number of likely N-dealkylation sites (N-methyl/N-ethyl adjacent to an activating group) is 1. The average molecular weight is 348 g/mol. The highest BCUT2D eigenvalue weighted by molar-refractivity contribution is 5.74. The molecular formula is C19H32N4O2. The summed E-state index contributed by atoms with van der Waals surface area (Å²) in [7, 11) is 0. The van der Waals surface area contributed by atoms with Crippen LogP contribution < -0.4 is 10.6 Å². The third kappa shape index (κ3) is 7.02. The van der Waals surface area contributed by atoms with E-state index < -0.39 is 0 Å². The average Bonchev–Trinajstić information content (AvgIpc) is 2.62. The number of carbonyl (C=O) groups excluding carboxylic acids is 1. The van der Waals surface area contributed by atoms with Crippen LogP contribution in [-0.2, 0) is 13.1 Å². The second kappa shape index (κ2) is 10.4. The summed E-state index contributed by atoms with van der Waals surface area (Å²) >= 11 is 0. The minimum Gasteiger partial charge on any atom is -0.396 e. The molecule has 1 aromatic carbocycles. The maximum atomic E-state index is 11.8. The van der Waals surface area contributed by atoms with E-state index in [2.05, 4.69) is 51.6 Å². The number of carbonyl (C=O) groups is 1. The van der Waals surface area contributed by atoms with Gasteiger partial charge in [-0.2, -0.15) is 0 Å². The molecule has 0 aliphatic carbocycles. The van der Waals surface area contributed by atoms with Gasteiger partial charge in [-0.15, -0.1) is 0 Å². The summed E-state index contributed by atoms with van der Waals surface area (Å²) < 4.78 is 0. The molecule has 1 atom stereocenters. The number of nitrogens with one attached hydrogen (secondary N) is 2. The number of benzene rings is 1. The molecule has 2 rings (SSSR count). The number of urea groups is 1. The summed E-state index contributed by atoms with van der Waals surface area (Å²) in [5.74, 6) is 0. The first-order chi connectivity index (χ1) is 12.1. The monoisotopic (exact) mass is 348 g/mol. The third-order valence-corrected chi connectivity index (χ3v) is 4.73. The van der Waals surface area contributed by atoms with Crippen molar-refractivity contribution in [2.45, 2.75) is 39.4 Å². The normalized spacial score (nSPS) is 17.2. The van der Waals surface area contributed by atoms with Crippen molar-refractivity contribution in [2.75, 3.05) is 39.3 Å². The van der Waals surface area contributed by atoms with E-state index in [0.717, 1.165) is 44.8 Å². The number of amides is 2. The summed E-state index contributed by atoms with van der Waals surface area (Å²) in [5, 5.41) is 14.5. The Morgan fingerprint density at radius 1 is 1.12 bits per heavy atom.